The van der Waals surface area contributed by atoms with Crippen LogP contribution in [0.2, 0.25) is 0 Å². The summed E-state index contributed by atoms with van der Waals surface area (Å²) < 4.78 is 16.3. The second-order valence-corrected chi connectivity index (χ2v) is 29.7. The zero-order valence-corrected chi connectivity index (χ0v) is 30.6. The molecular formula is C6Br13O2S-. The lowest BCUT2D eigenvalue weighted by atomic mass is 10.2. The van der Waals surface area contributed by atoms with Crippen molar-refractivity contribution in [3.8, 4) is 0 Å². The molecule has 1 unspecified atom stereocenters. The fraction of sp³-hybridized carbons (Fsp3) is 1.00. The molecule has 16 heteroatoms. The topological polar surface area (TPSA) is 40.1 Å². The lowest BCUT2D eigenvalue weighted by Crippen LogP contribution is -2.64. The van der Waals surface area contributed by atoms with Gasteiger partial charge in [-0.05, 0) is 11.1 Å². The lowest BCUT2D eigenvalue weighted by Gasteiger charge is -2.54. The number of alkyl halides is 13. The first-order chi connectivity index (χ1) is 9.19. The van der Waals surface area contributed by atoms with Gasteiger partial charge in [-0.15, -0.1) is 0 Å². The summed E-state index contributed by atoms with van der Waals surface area (Å²) in [5.41, 5.74) is 0. The zero-order chi connectivity index (χ0) is 18.6. The summed E-state index contributed by atoms with van der Waals surface area (Å²) >= 11 is 42.2. The third-order valence-corrected chi connectivity index (χ3v) is 29.1. The molecule has 2 nitrogen and oxygen atoms in total. The van der Waals surface area contributed by atoms with Gasteiger partial charge in [0.1, 0.15) is 12.9 Å². The Balaban J connectivity index is 6.29. The molecule has 0 spiro atoms. The number of hydrogen-bond donors (Lipinski definition) is 0. The van der Waals surface area contributed by atoms with Gasteiger partial charge in [-0.2, -0.15) is 0 Å². The second kappa shape index (κ2) is 9.23. The fourth-order valence-electron chi connectivity index (χ4n) is 0.860. The molecule has 0 aromatic carbocycles. The summed E-state index contributed by atoms with van der Waals surface area (Å²) in [5, 5.41) is 0. The highest BCUT2D eigenvalue weighted by molar-refractivity contribution is 9.42. The molecule has 0 rings (SSSR count). The van der Waals surface area contributed by atoms with E-state index in [1.807, 2.05) is 0 Å². The van der Waals surface area contributed by atoms with E-state index in [-0.39, 0.29) is 0 Å². The third kappa shape index (κ3) is 5.15. The van der Waals surface area contributed by atoms with Gasteiger partial charge in [-0.3, -0.25) is 4.21 Å². The Bertz CT molecular complexity index is 452. The van der Waals surface area contributed by atoms with Crippen molar-refractivity contribution in [3.05, 3.63) is 0 Å². The summed E-state index contributed by atoms with van der Waals surface area (Å²) in [7, 11) is 0. The zero-order valence-electron chi connectivity index (χ0n) is 9.14. The molecule has 0 heterocycles. The molecule has 1 atom stereocenters. The maximum Gasteiger partial charge on any atom is 0.169 e. The molecule has 0 fully saturated rings. The molecule has 0 bridgehead atoms. The Hall–Kier alpha value is 6.35. The third-order valence-electron chi connectivity index (χ3n) is 2.11. The van der Waals surface area contributed by atoms with E-state index >= 15 is 0 Å². The predicted octanol–water partition coefficient (Wildman–Crippen LogP) is 9.09. The normalized spacial score (nSPS) is 17.5. The van der Waals surface area contributed by atoms with E-state index in [2.05, 4.69) is 207 Å². The number of halogens is 13. The van der Waals surface area contributed by atoms with Crippen LogP contribution in [0.4, 0.5) is 0 Å². The molecule has 0 aromatic heterocycles. The molecule has 0 aliphatic heterocycles. The summed E-state index contributed by atoms with van der Waals surface area (Å²) in [4.78, 5) is 0. The van der Waals surface area contributed by atoms with Gasteiger partial charge >= 0.3 is 0 Å². The van der Waals surface area contributed by atoms with E-state index in [1.54, 1.807) is 0 Å². The summed E-state index contributed by atoms with van der Waals surface area (Å²) in [5.74, 6) is 0. The highest BCUT2D eigenvalue weighted by Crippen LogP contribution is 2.74. The molecule has 0 aliphatic carbocycles. The highest BCUT2D eigenvalue weighted by atomic mass is 80.0. The van der Waals surface area contributed by atoms with Crippen LogP contribution in [0.1, 0.15) is 0 Å². The Labute approximate surface area is 239 Å². The Morgan fingerprint density at radius 2 is 0.818 bits per heavy atom. The minimum atomic E-state index is -2.55. The molecule has 0 radical (unpaired) electrons. The number of hydrogen-bond acceptors (Lipinski definition) is 2. The average molecular weight is 1170 g/mol. The molecule has 0 saturated heterocycles. The summed E-state index contributed by atoms with van der Waals surface area (Å²) in [6, 6.07) is 0. The SMILES string of the molecule is O=S([O-])C(Br)(Br)C(Br)(Br)C(Br)(Br)C(Br)(Br)C(Br)(Br)C(Br)(Br)Br. The molecule has 0 amide bonds. The van der Waals surface area contributed by atoms with Crippen LogP contribution in [0.25, 0.3) is 0 Å². The van der Waals surface area contributed by atoms with Crippen molar-refractivity contribution < 1.29 is 8.76 Å². The van der Waals surface area contributed by atoms with Crippen molar-refractivity contribution in [1.82, 2.24) is 0 Å². The first-order valence-corrected chi connectivity index (χ1v) is 15.6. The van der Waals surface area contributed by atoms with Gasteiger partial charge in [0.2, 0.25) is 0 Å². The van der Waals surface area contributed by atoms with Gasteiger partial charge in [-0.1, -0.05) is 207 Å². The van der Waals surface area contributed by atoms with Gasteiger partial charge < -0.3 is 4.55 Å². The smallest absolute Gasteiger partial charge is 0.169 e. The van der Waals surface area contributed by atoms with Crippen LogP contribution in [0.5, 0.6) is 0 Å². The van der Waals surface area contributed by atoms with Crippen LogP contribution in [-0.2, 0) is 11.1 Å². The van der Waals surface area contributed by atoms with Gasteiger partial charge in [-0.25, -0.2) is 0 Å². The fourth-order valence-corrected chi connectivity index (χ4v) is 12.1. The quantitative estimate of drug-likeness (QED) is 0.204. The largest absolute Gasteiger partial charge is 0.771 e. The molecule has 0 aliphatic rings. The summed E-state index contributed by atoms with van der Waals surface area (Å²) in [6.45, 7) is 0. The standard InChI is InChI=1S/C6HBr13O2S/c7-1(8,3(11,12)5(15,16)17)2(9,10)4(13,14)6(18,19)22(20)21/h(H,20,21)/p-1. The lowest BCUT2D eigenvalue weighted by molar-refractivity contribution is 0.525. The van der Waals surface area contributed by atoms with Crippen LogP contribution >= 0.6 is 207 Å². The second-order valence-electron chi connectivity index (χ2n) is 3.55. The molecule has 0 aromatic rings. The Kier molecular flexibility index (Phi) is 11.9. The van der Waals surface area contributed by atoms with Gasteiger partial charge in [0, 0.05) is 0 Å². The molecule has 0 N–H and O–H groups in total. The molecule has 0 saturated carbocycles. The van der Waals surface area contributed by atoms with Crippen LogP contribution < -0.4 is 0 Å². The van der Waals surface area contributed by atoms with Crippen LogP contribution in [0, 0.1) is 0 Å². The molecule has 134 valence electrons. The van der Waals surface area contributed by atoms with Crippen LogP contribution in [-0.4, -0.2) is 26.4 Å². The van der Waals surface area contributed by atoms with Crippen molar-refractivity contribution in [2.45, 2.75) is 17.6 Å². The van der Waals surface area contributed by atoms with Crippen LogP contribution in [0.3, 0.4) is 0 Å². The van der Waals surface area contributed by atoms with E-state index in [4.69, 9.17) is 0 Å². The van der Waals surface area contributed by atoms with Crippen molar-refractivity contribution in [1.29, 1.82) is 0 Å². The van der Waals surface area contributed by atoms with E-state index in [1.165, 1.54) is 0 Å². The van der Waals surface area contributed by atoms with Crippen molar-refractivity contribution in [2.24, 2.45) is 0 Å². The van der Waals surface area contributed by atoms with Gasteiger partial charge in [0.05, 0.1) is 0 Å². The minimum absolute atomic E-state index is 0.840. The Morgan fingerprint density at radius 3 is 1.05 bits per heavy atom. The monoisotopic (exact) mass is 1160 g/mol. The van der Waals surface area contributed by atoms with Gasteiger partial charge in [0.25, 0.3) is 0 Å². The predicted molar refractivity (Wildman–Crippen MR) is 141 cm³/mol. The first-order valence-electron chi connectivity index (χ1n) is 4.24. The van der Waals surface area contributed by atoms with E-state index < -0.39 is 28.7 Å². The van der Waals surface area contributed by atoms with Crippen LogP contribution in [0.15, 0.2) is 0 Å². The van der Waals surface area contributed by atoms with Crippen molar-refractivity contribution in [2.75, 3.05) is 0 Å². The average Bonchev–Trinajstić information content (AvgIpc) is 2.25. The Morgan fingerprint density at radius 1 is 0.545 bits per heavy atom. The van der Waals surface area contributed by atoms with Crippen molar-refractivity contribution >= 4 is 218 Å². The van der Waals surface area contributed by atoms with E-state index in [9.17, 15) is 8.76 Å². The van der Waals surface area contributed by atoms with Crippen molar-refractivity contribution in [3.63, 3.8) is 0 Å². The molecular weight excluding hydrogens is 1170 g/mol. The summed E-state index contributed by atoms with van der Waals surface area (Å²) in [6.07, 6.45) is 0. The minimum Gasteiger partial charge on any atom is -0.771 e. The maximum atomic E-state index is 11.6. The van der Waals surface area contributed by atoms with E-state index in [0.717, 1.165) is 0 Å². The first kappa shape index (κ1) is 28.4. The maximum absolute atomic E-state index is 11.6. The molecule has 22 heavy (non-hydrogen) atoms. The highest BCUT2D eigenvalue weighted by Gasteiger charge is 2.73. The number of rotatable bonds is 5. The van der Waals surface area contributed by atoms with E-state index in [0.29, 0.717) is 0 Å². The van der Waals surface area contributed by atoms with Gasteiger partial charge in [0.15, 0.2) is 4.71 Å².